The van der Waals surface area contributed by atoms with E-state index in [2.05, 4.69) is 4.90 Å². The highest BCUT2D eigenvalue weighted by atomic mass is 35.5. The van der Waals surface area contributed by atoms with Crippen molar-refractivity contribution in [2.24, 2.45) is 11.5 Å². The number of anilines is 3. The van der Waals surface area contributed by atoms with Crippen molar-refractivity contribution in [1.82, 2.24) is 0 Å². The van der Waals surface area contributed by atoms with Gasteiger partial charge in [-0.2, -0.15) is 0 Å². The van der Waals surface area contributed by atoms with Gasteiger partial charge in [-0.25, -0.2) is 0 Å². The highest BCUT2D eigenvalue weighted by Crippen LogP contribution is 2.39. The lowest BCUT2D eigenvalue weighted by molar-refractivity contribution is 0.215. The van der Waals surface area contributed by atoms with Crippen LogP contribution in [0.1, 0.15) is 25.8 Å². The van der Waals surface area contributed by atoms with Crippen molar-refractivity contribution < 1.29 is 4.74 Å². The fourth-order valence-electron chi connectivity index (χ4n) is 3.30. The average molecular weight is 401 g/mol. The normalized spacial score (nSPS) is 16.2. The Labute approximate surface area is 169 Å². The van der Waals surface area contributed by atoms with Crippen LogP contribution in [-0.2, 0) is 4.74 Å². The number of fused-ring (bicyclic) bond motifs is 1. The highest BCUT2D eigenvalue weighted by Gasteiger charge is 2.27. The molecule has 1 aliphatic rings. The zero-order valence-electron chi connectivity index (χ0n) is 15.9. The van der Waals surface area contributed by atoms with Crippen LogP contribution in [-0.4, -0.2) is 30.7 Å². The van der Waals surface area contributed by atoms with E-state index in [1.807, 2.05) is 48.2 Å². The molecule has 8 heteroatoms. The summed E-state index contributed by atoms with van der Waals surface area (Å²) in [6, 6.07) is 13.1. The van der Waals surface area contributed by atoms with E-state index < -0.39 is 6.23 Å². The minimum absolute atomic E-state index is 0.000488. The topological polar surface area (TPSA) is 115 Å². The molecular weight excluding hydrogens is 376 g/mol. The molecule has 0 saturated carbocycles. The molecule has 2 aromatic carbocycles. The summed E-state index contributed by atoms with van der Waals surface area (Å²) >= 11 is 6.05. The highest BCUT2D eigenvalue weighted by molar-refractivity contribution is 6.30. The zero-order valence-corrected chi connectivity index (χ0v) is 16.7. The summed E-state index contributed by atoms with van der Waals surface area (Å²) in [5.41, 5.74) is 15.0. The molecule has 0 aliphatic carbocycles. The maximum absolute atomic E-state index is 8.48. The number of nitrogens with two attached hydrogens (primary N) is 2. The molecule has 1 heterocycles. The van der Waals surface area contributed by atoms with E-state index in [1.165, 1.54) is 0 Å². The van der Waals surface area contributed by atoms with Gasteiger partial charge in [0.15, 0.2) is 0 Å². The molecule has 0 spiro atoms. The molecule has 0 amide bonds. The first-order valence-corrected chi connectivity index (χ1v) is 9.46. The molecule has 0 bridgehead atoms. The van der Waals surface area contributed by atoms with Crippen molar-refractivity contribution in [2.75, 3.05) is 16.3 Å². The maximum atomic E-state index is 8.48. The zero-order chi connectivity index (χ0) is 20.4. The maximum Gasteiger partial charge on any atom is 0.214 e. The second-order valence-corrected chi connectivity index (χ2v) is 7.23. The molecule has 6 N–H and O–H groups in total. The Morgan fingerprint density at radius 3 is 2.39 bits per heavy atom. The van der Waals surface area contributed by atoms with Gasteiger partial charge in [0.2, 0.25) is 5.90 Å². The third kappa shape index (κ3) is 4.11. The number of nitrogens with zero attached hydrogens (tertiary/aromatic N) is 2. The molecule has 0 radical (unpaired) electrons. The first kappa shape index (κ1) is 20.1. The van der Waals surface area contributed by atoms with Gasteiger partial charge in [0, 0.05) is 29.2 Å². The SMILES string of the molecule is CC(N)OC(=N)c1ccc2c(c1)N(c1ccc(Cl)cc1)CCC(=N)N2C(C)N. The lowest BCUT2D eigenvalue weighted by Gasteiger charge is -2.30. The van der Waals surface area contributed by atoms with Crippen LogP contribution in [0, 0.1) is 10.8 Å². The number of ether oxygens (including phenoxy) is 1. The summed E-state index contributed by atoms with van der Waals surface area (Å²) in [5.74, 6) is 0.447. The van der Waals surface area contributed by atoms with Crippen LogP contribution >= 0.6 is 11.6 Å². The third-order valence-electron chi connectivity index (χ3n) is 4.50. The minimum atomic E-state index is -0.576. The molecule has 2 atom stereocenters. The number of benzene rings is 2. The van der Waals surface area contributed by atoms with Crippen LogP contribution < -0.4 is 21.3 Å². The Kier molecular flexibility index (Phi) is 5.88. The smallest absolute Gasteiger partial charge is 0.214 e. The second kappa shape index (κ2) is 8.18. The lowest BCUT2D eigenvalue weighted by Crippen LogP contribution is -2.43. The fraction of sp³-hybridized carbons (Fsp3) is 0.300. The average Bonchev–Trinajstić information content (AvgIpc) is 2.77. The van der Waals surface area contributed by atoms with E-state index in [0.717, 1.165) is 17.1 Å². The molecule has 28 heavy (non-hydrogen) atoms. The van der Waals surface area contributed by atoms with Crippen molar-refractivity contribution in [3.8, 4) is 0 Å². The van der Waals surface area contributed by atoms with Crippen molar-refractivity contribution in [1.29, 1.82) is 10.8 Å². The van der Waals surface area contributed by atoms with Crippen molar-refractivity contribution >= 4 is 40.4 Å². The summed E-state index contributed by atoms with van der Waals surface area (Å²) in [6.07, 6.45) is -0.406. The van der Waals surface area contributed by atoms with Gasteiger partial charge in [0.25, 0.3) is 0 Å². The van der Waals surface area contributed by atoms with Crippen LogP contribution in [0.2, 0.25) is 5.02 Å². The van der Waals surface area contributed by atoms with E-state index >= 15 is 0 Å². The number of amidine groups is 1. The van der Waals surface area contributed by atoms with Crippen LogP contribution in [0.25, 0.3) is 0 Å². The van der Waals surface area contributed by atoms with Gasteiger partial charge in [-0.15, -0.1) is 0 Å². The molecule has 0 fully saturated rings. The van der Waals surface area contributed by atoms with Crippen LogP contribution in [0.4, 0.5) is 17.1 Å². The molecular formula is C20H25ClN6O. The van der Waals surface area contributed by atoms with Gasteiger partial charge in [0.05, 0.1) is 17.5 Å². The number of rotatable bonds is 4. The van der Waals surface area contributed by atoms with Crippen LogP contribution in [0.15, 0.2) is 42.5 Å². The summed E-state index contributed by atoms with van der Waals surface area (Å²) < 4.78 is 5.36. The van der Waals surface area contributed by atoms with Gasteiger partial charge in [-0.05, 0) is 56.3 Å². The molecule has 7 nitrogen and oxygen atoms in total. The van der Waals surface area contributed by atoms with Crippen molar-refractivity contribution in [3.05, 3.63) is 53.1 Å². The Bertz CT molecular complexity index is 881. The second-order valence-electron chi connectivity index (χ2n) is 6.79. The summed E-state index contributed by atoms with van der Waals surface area (Å²) in [5, 5.41) is 17.3. The van der Waals surface area contributed by atoms with E-state index in [9.17, 15) is 0 Å². The number of hydrogen-bond donors (Lipinski definition) is 4. The predicted octanol–water partition coefficient (Wildman–Crippen LogP) is 3.62. The summed E-state index contributed by atoms with van der Waals surface area (Å²) in [6.45, 7) is 4.13. The van der Waals surface area contributed by atoms with Gasteiger partial charge in [0.1, 0.15) is 12.1 Å². The van der Waals surface area contributed by atoms with Gasteiger partial charge >= 0.3 is 0 Å². The Balaban J connectivity index is 2.14. The molecule has 2 unspecified atom stereocenters. The quantitative estimate of drug-likeness (QED) is 0.355. The molecule has 1 aliphatic heterocycles. The first-order valence-electron chi connectivity index (χ1n) is 9.08. The Hall–Kier alpha value is -2.61. The Morgan fingerprint density at radius 2 is 1.79 bits per heavy atom. The summed E-state index contributed by atoms with van der Waals surface area (Å²) in [7, 11) is 0. The predicted molar refractivity (Wildman–Crippen MR) is 115 cm³/mol. The van der Waals surface area contributed by atoms with Crippen LogP contribution in [0.5, 0.6) is 0 Å². The van der Waals surface area contributed by atoms with Crippen molar-refractivity contribution in [3.63, 3.8) is 0 Å². The molecule has 0 aromatic heterocycles. The van der Waals surface area contributed by atoms with Gasteiger partial charge in [-0.3, -0.25) is 16.6 Å². The van der Waals surface area contributed by atoms with Crippen LogP contribution in [0.3, 0.4) is 0 Å². The first-order chi connectivity index (χ1) is 13.3. The number of halogens is 1. The lowest BCUT2D eigenvalue weighted by atomic mass is 10.1. The largest absolute Gasteiger partial charge is 0.459 e. The van der Waals surface area contributed by atoms with E-state index in [0.29, 0.717) is 29.4 Å². The van der Waals surface area contributed by atoms with Crippen molar-refractivity contribution in [2.45, 2.75) is 32.7 Å². The molecule has 2 aromatic rings. The molecule has 0 saturated heterocycles. The van der Waals surface area contributed by atoms with Gasteiger partial charge < -0.3 is 20.3 Å². The van der Waals surface area contributed by atoms with E-state index in [4.69, 9.17) is 38.6 Å². The third-order valence-corrected chi connectivity index (χ3v) is 4.75. The monoisotopic (exact) mass is 400 g/mol. The molecule has 148 valence electrons. The number of hydrogen-bond acceptors (Lipinski definition) is 6. The van der Waals surface area contributed by atoms with E-state index in [-0.39, 0.29) is 12.1 Å². The fourth-order valence-corrected chi connectivity index (χ4v) is 3.42. The van der Waals surface area contributed by atoms with Gasteiger partial charge in [-0.1, -0.05) is 11.6 Å². The summed E-state index contributed by atoms with van der Waals surface area (Å²) in [4.78, 5) is 3.91. The van der Waals surface area contributed by atoms with E-state index in [1.54, 1.807) is 13.0 Å². The number of nitrogens with one attached hydrogen (secondary N) is 2. The Morgan fingerprint density at radius 1 is 1.11 bits per heavy atom. The standard InChI is InChI=1S/C20H25ClN6O/c1-12(22)27-17-8-3-14(20(25)28-13(2)23)11-18(17)26(10-9-19(27)24)16-6-4-15(21)5-7-16/h3-8,11-13,24-25H,9-10,22-23H2,1-2H3. The molecule has 3 rings (SSSR count). The minimum Gasteiger partial charge on any atom is -0.459 e.